The number of benzene rings is 1. The minimum Gasteiger partial charge on any atom is -0.497 e. The van der Waals surface area contributed by atoms with Crippen molar-refractivity contribution < 1.29 is 4.74 Å². The highest BCUT2D eigenvalue weighted by Crippen LogP contribution is 2.21. The Morgan fingerprint density at radius 2 is 1.96 bits per heavy atom. The van der Waals surface area contributed by atoms with Crippen LogP contribution in [0.2, 0.25) is 0 Å². The third-order valence-corrected chi connectivity index (χ3v) is 4.37. The fraction of sp³-hybridized carbons (Fsp3) is 0.611. The normalized spacial score (nSPS) is 12.2. The van der Waals surface area contributed by atoms with E-state index < -0.39 is 0 Å². The largest absolute Gasteiger partial charge is 0.497 e. The maximum Gasteiger partial charge on any atom is 0.191 e. The van der Waals surface area contributed by atoms with Gasteiger partial charge in [-0.05, 0) is 55.4 Å². The maximum absolute atomic E-state index is 5.21. The van der Waals surface area contributed by atoms with Crippen LogP contribution < -0.4 is 15.4 Å². The molecule has 0 bridgehead atoms. The number of aliphatic imine (C=N–C) groups is 1. The van der Waals surface area contributed by atoms with Gasteiger partial charge in [-0.1, -0.05) is 19.1 Å². The molecular formula is C18H32IN3OS. The lowest BCUT2D eigenvalue weighted by atomic mass is 9.98. The number of hydrogen-bond acceptors (Lipinski definition) is 3. The molecule has 0 heterocycles. The second-order valence-electron chi connectivity index (χ2n) is 5.50. The highest BCUT2D eigenvalue weighted by atomic mass is 127. The topological polar surface area (TPSA) is 45.7 Å². The number of halogens is 1. The standard InChI is InChI=1S/C18H31N3OS.HI/c1-5-19-18(20-12-6-14-23-4)21-13-11-15(2)16-7-9-17(22-3)10-8-16;/h7-10,15H,5-6,11-14H2,1-4H3,(H2,19,20,21);1H. The van der Waals surface area contributed by atoms with E-state index in [2.05, 4.69) is 47.9 Å². The second kappa shape index (κ2) is 14.7. The Morgan fingerprint density at radius 1 is 1.25 bits per heavy atom. The molecule has 0 aliphatic heterocycles. The van der Waals surface area contributed by atoms with Gasteiger partial charge in [0.25, 0.3) is 0 Å². The SMILES string of the molecule is CCNC(=NCCCSC)NCCC(C)c1ccc(OC)cc1.I. The van der Waals surface area contributed by atoms with Gasteiger partial charge in [0, 0.05) is 19.6 Å². The predicted octanol–water partition coefficient (Wildman–Crippen LogP) is 4.12. The van der Waals surface area contributed by atoms with Crippen molar-refractivity contribution in [2.24, 2.45) is 4.99 Å². The molecule has 0 amide bonds. The summed E-state index contributed by atoms with van der Waals surface area (Å²) in [5.74, 6) is 3.51. The lowest BCUT2D eigenvalue weighted by Crippen LogP contribution is -2.38. The average Bonchev–Trinajstić information content (AvgIpc) is 2.58. The highest BCUT2D eigenvalue weighted by molar-refractivity contribution is 14.0. The van der Waals surface area contributed by atoms with Gasteiger partial charge in [-0.2, -0.15) is 11.8 Å². The molecule has 1 aromatic rings. The van der Waals surface area contributed by atoms with Gasteiger partial charge in [0.1, 0.15) is 5.75 Å². The van der Waals surface area contributed by atoms with E-state index in [9.17, 15) is 0 Å². The van der Waals surface area contributed by atoms with Crippen LogP contribution >= 0.6 is 35.7 Å². The van der Waals surface area contributed by atoms with E-state index in [4.69, 9.17) is 4.74 Å². The predicted molar refractivity (Wildman–Crippen MR) is 118 cm³/mol. The first-order chi connectivity index (χ1) is 11.2. The first-order valence-electron chi connectivity index (χ1n) is 8.36. The molecule has 0 saturated carbocycles. The molecule has 24 heavy (non-hydrogen) atoms. The van der Waals surface area contributed by atoms with Crippen molar-refractivity contribution in [1.29, 1.82) is 0 Å². The number of nitrogens with zero attached hydrogens (tertiary/aromatic N) is 1. The van der Waals surface area contributed by atoms with Gasteiger partial charge in [-0.3, -0.25) is 4.99 Å². The highest BCUT2D eigenvalue weighted by Gasteiger charge is 2.06. The maximum atomic E-state index is 5.21. The third-order valence-electron chi connectivity index (χ3n) is 3.68. The lowest BCUT2D eigenvalue weighted by molar-refractivity contribution is 0.414. The Kier molecular flexibility index (Phi) is 14.3. The van der Waals surface area contributed by atoms with E-state index in [0.29, 0.717) is 5.92 Å². The van der Waals surface area contributed by atoms with E-state index in [1.807, 2.05) is 23.9 Å². The summed E-state index contributed by atoms with van der Waals surface area (Å²) in [5, 5.41) is 6.73. The van der Waals surface area contributed by atoms with Gasteiger partial charge < -0.3 is 15.4 Å². The molecule has 0 spiro atoms. The summed E-state index contributed by atoms with van der Waals surface area (Å²) >= 11 is 1.87. The van der Waals surface area contributed by atoms with Gasteiger partial charge in [0.05, 0.1) is 7.11 Å². The van der Waals surface area contributed by atoms with E-state index >= 15 is 0 Å². The van der Waals surface area contributed by atoms with Crippen LogP contribution in [0.15, 0.2) is 29.3 Å². The summed E-state index contributed by atoms with van der Waals surface area (Å²) in [5.41, 5.74) is 1.34. The smallest absolute Gasteiger partial charge is 0.191 e. The molecule has 0 fully saturated rings. The summed E-state index contributed by atoms with van der Waals surface area (Å²) in [4.78, 5) is 4.61. The number of guanidine groups is 1. The van der Waals surface area contributed by atoms with Crippen molar-refractivity contribution in [2.75, 3.05) is 38.8 Å². The zero-order chi connectivity index (χ0) is 16.9. The average molecular weight is 465 g/mol. The fourth-order valence-electron chi connectivity index (χ4n) is 2.25. The first-order valence-corrected chi connectivity index (χ1v) is 9.75. The summed E-state index contributed by atoms with van der Waals surface area (Å²) < 4.78 is 5.21. The van der Waals surface area contributed by atoms with Crippen LogP contribution in [0.1, 0.15) is 38.2 Å². The van der Waals surface area contributed by atoms with Gasteiger partial charge in [0.2, 0.25) is 0 Å². The van der Waals surface area contributed by atoms with Gasteiger partial charge >= 0.3 is 0 Å². The molecule has 0 aromatic heterocycles. The molecule has 1 atom stereocenters. The van der Waals surface area contributed by atoms with Crippen molar-refractivity contribution in [3.63, 3.8) is 0 Å². The number of nitrogens with one attached hydrogen (secondary N) is 2. The van der Waals surface area contributed by atoms with E-state index in [0.717, 1.165) is 49.9 Å². The molecule has 0 radical (unpaired) electrons. The number of thioether (sulfide) groups is 1. The van der Waals surface area contributed by atoms with Gasteiger partial charge in [-0.15, -0.1) is 24.0 Å². The van der Waals surface area contributed by atoms with Crippen molar-refractivity contribution in [1.82, 2.24) is 10.6 Å². The molecule has 4 nitrogen and oxygen atoms in total. The van der Waals surface area contributed by atoms with Crippen molar-refractivity contribution in [3.05, 3.63) is 29.8 Å². The number of rotatable bonds is 10. The van der Waals surface area contributed by atoms with Crippen molar-refractivity contribution >= 4 is 41.7 Å². The second-order valence-corrected chi connectivity index (χ2v) is 6.48. The minimum atomic E-state index is 0. The Morgan fingerprint density at radius 3 is 2.54 bits per heavy atom. The zero-order valence-electron chi connectivity index (χ0n) is 15.3. The molecule has 0 saturated heterocycles. The fourth-order valence-corrected chi connectivity index (χ4v) is 2.67. The molecule has 0 aliphatic rings. The quantitative estimate of drug-likeness (QED) is 0.236. The number of hydrogen-bond donors (Lipinski definition) is 2. The molecule has 1 rings (SSSR count). The van der Waals surface area contributed by atoms with Gasteiger partial charge in [-0.25, -0.2) is 0 Å². The Hall–Kier alpha value is -0.630. The first kappa shape index (κ1) is 23.4. The van der Waals surface area contributed by atoms with Crippen LogP contribution in [-0.2, 0) is 0 Å². The third kappa shape index (κ3) is 9.61. The monoisotopic (exact) mass is 465 g/mol. The van der Waals surface area contributed by atoms with E-state index in [1.54, 1.807) is 7.11 Å². The van der Waals surface area contributed by atoms with Crippen LogP contribution in [0.4, 0.5) is 0 Å². The number of methoxy groups -OCH3 is 1. The van der Waals surface area contributed by atoms with Crippen LogP contribution in [-0.4, -0.2) is 44.7 Å². The Labute approximate surface area is 168 Å². The van der Waals surface area contributed by atoms with Crippen LogP contribution in [0.3, 0.4) is 0 Å². The Balaban J connectivity index is 0.00000529. The molecule has 0 aliphatic carbocycles. The molecule has 1 unspecified atom stereocenters. The zero-order valence-corrected chi connectivity index (χ0v) is 18.4. The summed E-state index contributed by atoms with van der Waals surface area (Å²) in [6, 6.07) is 8.34. The number of ether oxygens (including phenoxy) is 1. The van der Waals surface area contributed by atoms with Crippen LogP contribution in [0.25, 0.3) is 0 Å². The minimum absolute atomic E-state index is 0. The molecule has 1 aromatic carbocycles. The van der Waals surface area contributed by atoms with Crippen LogP contribution in [0, 0.1) is 0 Å². The summed E-state index contributed by atoms with van der Waals surface area (Å²) in [6.07, 6.45) is 4.33. The summed E-state index contributed by atoms with van der Waals surface area (Å²) in [6.45, 7) is 7.04. The molecular weight excluding hydrogens is 433 g/mol. The molecule has 2 N–H and O–H groups in total. The Bertz CT molecular complexity index is 454. The van der Waals surface area contributed by atoms with E-state index in [-0.39, 0.29) is 24.0 Å². The summed E-state index contributed by atoms with van der Waals surface area (Å²) in [7, 11) is 1.70. The van der Waals surface area contributed by atoms with E-state index in [1.165, 1.54) is 5.56 Å². The van der Waals surface area contributed by atoms with Crippen molar-refractivity contribution in [2.45, 2.75) is 32.6 Å². The van der Waals surface area contributed by atoms with Crippen LogP contribution in [0.5, 0.6) is 5.75 Å². The van der Waals surface area contributed by atoms with Gasteiger partial charge in [0.15, 0.2) is 5.96 Å². The molecule has 6 heteroatoms. The molecule has 138 valence electrons. The van der Waals surface area contributed by atoms with Crippen molar-refractivity contribution in [3.8, 4) is 5.75 Å². The lowest BCUT2D eigenvalue weighted by Gasteiger charge is -2.15.